The molecule has 0 aliphatic carbocycles. The predicted molar refractivity (Wildman–Crippen MR) is 41.4 cm³/mol. The second-order valence-electron chi connectivity index (χ2n) is 2.10. The van der Waals surface area contributed by atoms with Gasteiger partial charge in [0.2, 0.25) is 5.95 Å². The van der Waals surface area contributed by atoms with Crippen LogP contribution in [0.4, 0.5) is 5.95 Å². The first-order chi connectivity index (χ1) is 4.70. The fourth-order valence-electron chi connectivity index (χ4n) is 0.536. The molecule has 0 aliphatic heterocycles. The van der Waals surface area contributed by atoms with Crippen LogP contribution in [0.5, 0.6) is 0 Å². The molecule has 10 heavy (non-hydrogen) atoms. The van der Waals surface area contributed by atoms with Crippen LogP contribution >= 0.6 is 11.6 Å². The minimum Gasteiger partial charge on any atom is -0.347 e. The minimum absolute atomic E-state index is 0.561. The Morgan fingerprint density at radius 2 is 1.80 bits per heavy atom. The van der Waals surface area contributed by atoms with Gasteiger partial charge in [0.25, 0.3) is 0 Å². The Kier molecular flexibility index (Phi) is 2.06. The Bertz CT molecular complexity index is 207. The third-order valence-corrected chi connectivity index (χ3v) is 1.20. The van der Waals surface area contributed by atoms with Gasteiger partial charge in [-0.25, -0.2) is 9.97 Å². The molecule has 1 rings (SSSR count). The highest BCUT2D eigenvalue weighted by atomic mass is 35.5. The number of rotatable bonds is 1. The lowest BCUT2D eigenvalue weighted by Crippen LogP contribution is -2.11. The van der Waals surface area contributed by atoms with E-state index in [1.165, 1.54) is 0 Å². The van der Waals surface area contributed by atoms with Crippen molar-refractivity contribution in [3.8, 4) is 0 Å². The summed E-state index contributed by atoms with van der Waals surface area (Å²) in [4.78, 5) is 9.74. The Labute approximate surface area is 64.7 Å². The molecule has 0 radical (unpaired) electrons. The predicted octanol–water partition coefficient (Wildman–Crippen LogP) is 1.20. The molecule has 1 aromatic heterocycles. The van der Waals surface area contributed by atoms with E-state index < -0.39 is 0 Å². The van der Waals surface area contributed by atoms with Gasteiger partial charge in [-0.2, -0.15) is 0 Å². The smallest absolute Gasteiger partial charge is 0.224 e. The van der Waals surface area contributed by atoms with Crippen molar-refractivity contribution in [2.24, 2.45) is 0 Å². The van der Waals surface area contributed by atoms with Crippen molar-refractivity contribution in [3.05, 3.63) is 17.4 Å². The average Bonchev–Trinajstić information content (AvgIpc) is 1.88. The van der Waals surface area contributed by atoms with E-state index in [9.17, 15) is 0 Å². The number of hydrogen-bond donors (Lipinski definition) is 0. The highest BCUT2D eigenvalue weighted by Gasteiger charge is 1.95. The van der Waals surface area contributed by atoms with Gasteiger partial charge in [0, 0.05) is 14.1 Å². The van der Waals surface area contributed by atoms with E-state index in [1.807, 2.05) is 19.0 Å². The second-order valence-corrected chi connectivity index (χ2v) is 2.53. The van der Waals surface area contributed by atoms with Crippen molar-refractivity contribution in [3.63, 3.8) is 0 Å². The maximum atomic E-state index is 5.57. The molecule has 1 aromatic rings. The lowest BCUT2D eigenvalue weighted by Gasteiger charge is -2.07. The molecule has 0 saturated heterocycles. The van der Waals surface area contributed by atoms with Crippen molar-refractivity contribution in [2.75, 3.05) is 19.0 Å². The normalized spacial score (nSPS) is 9.50. The van der Waals surface area contributed by atoms with Gasteiger partial charge in [0.05, 0.1) is 17.4 Å². The number of hydrogen-bond acceptors (Lipinski definition) is 3. The summed E-state index contributed by atoms with van der Waals surface area (Å²) in [6, 6.07) is 0. The molecule has 3 nitrogen and oxygen atoms in total. The Hall–Kier alpha value is -0.830. The van der Waals surface area contributed by atoms with Gasteiger partial charge in [-0.3, -0.25) is 0 Å². The van der Waals surface area contributed by atoms with Crippen molar-refractivity contribution >= 4 is 17.5 Å². The maximum Gasteiger partial charge on any atom is 0.224 e. The van der Waals surface area contributed by atoms with E-state index in [0.717, 1.165) is 0 Å². The standard InChI is InChI=1S/C6H8ClN3/c1-10(2)6-8-3-5(7)4-9-6/h3-4H,1-2H3. The number of anilines is 1. The van der Waals surface area contributed by atoms with Gasteiger partial charge in [-0.1, -0.05) is 11.6 Å². The number of halogens is 1. The fourth-order valence-corrected chi connectivity index (χ4v) is 0.634. The highest BCUT2D eigenvalue weighted by Crippen LogP contribution is 2.06. The van der Waals surface area contributed by atoms with Crippen LogP contribution in [0.25, 0.3) is 0 Å². The van der Waals surface area contributed by atoms with Gasteiger partial charge < -0.3 is 4.90 Å². The first-order valence-corrected chi connectivity index (χ1v) is 3.23. The zero-order chi connectivity index (χ0) is 7.56. The minimum atomic E-state index is 0.561. The fraction of sp³-hybridized carbons (Fsp3) is 0.333. The van der Waals surface area contributed by atoms with E-state index >= 15 is 0 Å². The molecule has 4 heteroatoms. The zero-order valence-electron chi connectivity index (χ0n) is 5.87. The molecule has 0 unspecified atom stereocenters. The average molecular weight is 158 g/mol. The lowest BCUT2D eigenvalue weighted by atomic mass is 10.6. The van der Waals surface area contributed by atoms with Gasteiger partial charge in [-0.15, -0.1) is 0 Å². The summed E-state index contributed by atoms with van der Waals surface area (Å²) in [5.41, 5.74) is 0. The van der Waals surface area contributed by atoms with Gasteiger partial charge in [0.1, 0.15) is 0 Å². The first kappa shape index (κ1) is 7.28. The van der Waals surface area contributed by atoms with Gasteiger partial charge in [-0.05, 0) is 0 Å². The molecule has 0 bridgehead atoms. The highest BCUT2D eigenvalue weighted by molar-refractivity contribution is 6.30. The van der Waals surface area contributed by atoms with Crippen molar-refractivity contribution in [1.82, 2.24) is 9.97 Å². The van der Waals surface area contributed by atoms with Crippen LogP contribution in [0.15, 0.2) is 12.4 Å². The Morgan fingerprint density at radius 1 is 1.30 bits per heavy atom. The zero-order valence-corrected chi connectivity index (χ0v) is 6.63. The molecule has 0 amide bonds. The molecule has 0 atom stereocenters. The maximum absolute atomic E-state index is 5.57. The SMILES string of the molecule is CN(C)c1ncc(Cl)cn1. The van der Waals surface area contributed by atoms with Crippen LogP contribution in [0.3, 0.4) is 0 Å². The summed E-state index contributed by atoms with van der Waals surface area (Å²) >= 11 is 5.57. The Morgan fingerprint density at radius 3 is 2.20 bits per heavy atom. The van der Waals surface area contributed by atoms with E-state index in [1.54, 1.807) is 12.4 Å². The largest absolute Gasteiger partial charge is 0.347 e. The molecule has 1 heterocycles. The van der Waals surface area contributed by atoms with E-state index in [4.69, 9.17) is 11.6 Å². The summed E-state index contributed by atoms with van der Waals surface area (Å²) < 4.78 is 0. The number of aromatic nitrogens is 2. The summed E-state index contributed by atoms with van der Waals surface area (Å²) in [6.45, 7) is 0. The topological polar surface area (TPSA) is 29.0 Å². The molecule has 0 N–H and O–H groups in total. The van der Waals surface area contributed by atoms with Crippen molar-refractivity contribution in [1.29, 1.82) is 0 Å². The molecular weight excluding hydrogens is 150 g/mol. The van der Waals surface area contributed by atoms with E-state index in [2.05, 4.69) is 9.97 Å². The molecule has 0 fully saturated rings. The third kappa shape index (κ3) is 1.57. The quantitative estimate of drug-likeness (QED) is 0.614. The molecule has 54 valence electrons. The Balaban J connectivity index is 2.89. The van der Waals surface area contributed by atoms with E-state index in [0.29, 0.717) is 11.0 Å². The molecular formula is C6H8ClN3. The first-order valence-electron chi connectivity index (χ1n) is 2.85. The second kappa shape index (κ2) is 2.84. The molecule has 0 aromatic carbocycles. The van der Waals surface area contributed by atoms with E-state index in [-0.39, 0.29) is 0 Å². The number of nitrogens with zero attached hydrogens (tertiary/aromatic N) is 3. The van der Waals surface area contributed by atoms with Crippen LogP contribution in [0.2, 0.25) is 5.02 Å². The third-order valence-electron chi connectivity index (χ3n) is 1.01. The molecule has 0 saturated carbocycles. The van der Waals surface area contributed by atoms with Gasteiger partial charge in [0.15, 0.2) is 0 Å². The lowest BCUT2D eigenvalue weighted by molar-refractivity contribution is 0.999. The van der Waals surface area contributed by atoms with Crippen LogP contribution in [0, 0.1) is 0 Å². The van der Waals surface area contributed by atoms with Crippen LogP contribution in [0.1, 0.15) is 0 Å². The summed E-state index contributed by atoms with van der Waals surface area (Å²) in [5, 5.41) is 0.561. The summed E-state index contributed by atoms with van der Waals surface area (Å²) in [6.07, 6.45) is 3.15. The monoisotopic (exact) mass is 157 g/mol. The summed E-state index contributed by atoms with van der Waals surface area (Å²) in [5.74, 6) is 0.671. The summed E-state index contributed by atoms with van der Waals surface area (Å²) in [7, 11) is 3.76. The van der Waals surface area contributed by atoms with Crippen molar-refractivity contribution in [2.45, 2.75) is 0 Å². The molecule has 0 aliphatic rings. The van der Waals surface area contributed by atoms with Crippen LogP contribution in [-0.4, -0.2) is 24.1 Å². The van der Waals surface area contributed by atoms with Crippen molar-refractivity contribution < 1.29 is 0 Å². The van der Waals surface area contributed by atoms with Crippen LogP contribution in [-0.2, 0) is 0 Å². The molecule has 0 spiro atoms. The van der Waals surface area contributed by atoms with Gasteiger partial charge >= 0.3 is 0 Å². The van der Waals surface area contributed by atoms with Crippen LogP contribution < -0.4 is 4.90 Å².